The third-order valence-electron chi connectivity index (χ3n) is 5.42. The molecule has 0 bridgehead atoms. The topological polar surface area (TPSA) is 67.4 Å². The van der Waals surface area contributed by atoms with Gasteiger partial charge in [-0.3, -0.25) is 0 Å². The Morgan fingerprint density at radius 2 is 1.97 bits per heavy atom. The highest BCUT2D eigenvalue weighted by Crippen LogP contribution is 2.35. The number of hydrogen-bond acceptors (Lipinski definition) is 5. The molecule has 1 atom stereocenters. The number of guanidine groups is 1. The van der Waals surface area contributed by atoms with E-state index in [1.165, 1.54) is 12.8 Å². The summed E-state index contributed by atoms with van der Waals surface area (Å²) in [5.74, 6) is 2.39. The fraction of sp³-hybridized carbons (Fsp3) is 0.708. The lowest BCUT2D eigenvalue weighted by Gasteiger charge is -2.21. The summed E-state index contributed by atoms with van der Waals surface area (Å²) in [6.45, 7) is 7.85. The third kappa shape index (κ3) is 8.95. The number of rotatable bonds is 13. The molecule has 176 valence electrons. The third-order valence-corrected chi connectivity index (χ3v) is 5.42. The Kier molecular flexibility index (Phi) is 11.5. The lowest BCUT2D eigenvalue weighted by atomic mass is 10.1. The van der Waals surface area contributed by atoms with Crippen LogP contribution in [0.25, 0.3) is 0 Å². The number of benzene rings is 1. The summed E-state index contributed by atoms with van der Waals surface area (Å²) in [7, 11) is 5.86. The first kappa shape index (κ1) is 25.3. The van der Waals surface area contributed by atoms with Crippen molar-refractivity contribution in [2.24, 2.45) is 4.99 Å². The predicted octanol–water partition coefficient (Wildman–Crippen LogP) is 3.43. The monoisotopic (exact) mass is 434 g/mol. The van der Waals surface area contributed by atoms with Gasteiger partial charge in [0.1, 0.15) is 0 Å². The molecule has 1 aromatic carbocycles. The molecular weight excluding hydrogens is 392 g/mol. The van der Waals surface area contributed by atoms with Gasteiger partial charge in [0.25, 0.3) is 0 Å². The maximum Gasteiger partial charge on any atom is 0.191 e. The lowest BCUT2D eigenvalue weighted by molar-refractivity contribution is 0.0548. The van der Waals surface area contributed by atoms with E-state index in [4.69, 9.17) is 19.2 Å². The summed E-state index contributed by atoms with van der Waals surface area (Å²) in [5, 5.41) is 6.78. The van der Waals surface area contributed by atoms with Gasteiger partial charge >= 0.3 is 0 Å². The van der Waals surface area contributed by atoms with E-state index in [0.29, 0.717) is 13.2 Å². The first-order valence-corrected chi connectivity index (χ1v) is 11.7. The van der Waals surface area contributed by atoms with Gasteiger partial charge in [0.15, 0.2) is 17.5 Å². The molecule has 31 heavy (non-hydrogen) atoms. The van der Waals surface area contributed by atoms with Crippen molar-refractivity contribution in [3.8, 4) is 11.5 Å². The van der Waals surface area contributed by atoms with Crippen LogP contribution in [0.2, 0.25) is 0 Å². The van der Waals surface area contributed by atoms with Gasteiger partial charge in [-0.05, 0) is 66.1 Å². The first-order chi connectivity index (χ1) is 15.1. The second kappa shape index (κ2) is 14.1. The van der Waals surface area contributed by atoms with Gasteiger partial charge in [0.2, 0.25) is 0 Å². The SMILES string of the molecule is CCNC(=NCc1cccc(OC)c1OC1CCCC1)NCC(CCN(C)C)OCC. The maximum absolute atomic E-state index is 6.35. The lowest BCUT2D eigenvalue weighted by Crippen LogP contribution is -2.42. The highest BCUT2D eigenvalue weighted by molar-refractivity contribution is 5.79. The van der Waals surface area contributed by atoms with Gasteiger partial charge in [0, 0.05) is 31.8 Å². The van der Waals surface area contributed by atoms with Gasteiger partial charge in [0.05, 0.1) is 25.9 Å². The molecule has 0 spiro atoms. The standard InChI is InChI=1S/C24H42N4O3/c1-6-25-24(27-18-21(30-7-2)15-16-28(3)4)26-17-19-11-10-14-22(29-5)23(19)31-20-12-8-9-13-20/h10-11,14,20-21H,6-9,12-13,15-18H2,1-5H3,(H2,25,26,27). The molecule has 0 amide bonds. The van der Waals surface area contributed by atoms with E-state index in [9.17, 15) is 0 Å². The molecule has 7 nitrogen and oxygen atoms in total. The summed E-state index contributed by atoms with van der Waals surface area (Å²) in [4.78, 5) is 7.00. The van der Waals surface area contributed by atoms with E-state index >= 15 is 0 Å². The van der Waals surface area contributed by atoms with Crippen LogP contribution in [-0.2, 0) is 11.3 Å². The van der Waals surface area contributed by atoms with E-state index in [1.54, 1.807) is 7.11 Å². The number of nitrogens with zero attached hydrogens (tertiary/aromatic N) is 2. The smallest absolute Gasteiger partial charge is 0.191 e. The van der Waals surface area contributed by atoms with Crippen LogP contribution in [0.3, 0.4) is 0 Å². The van der Waals surface area contributed by atoms with Crippen LogP contribution >= 0.6 is 0 Å². The molecule has 7 heteroatoms. The van der Waals surface area contributed by atoms with Gasteiger partial charge in [-0.1, -0.05) is 12.1 Å². The number of ether oxygens (including phenoxy) is 3. The number of nitrogens with one attached hydrogen (secondary N) is 2. The van der Waals surface area contributed by atoms with Crippen molar-refractivity contribution in [1.82, 2.24) is 15.5 Å². The number of methoxy groups -OCH3 is 1. The van der Waals surface area contributed by atoms with E-state index in [-0.39, 0.29) is 12.2 Å². The zero-order valence-electron chi connectivity index (χ0n) is 20.1. The average molecular weight is 435 g/mol. The Morgan fingerprint density at radius 3 is 2.61 bits per heavy atom. The van der Waals surface area contributed by atoms with Crippen molar-refractivity contribution in [2.45, 2.75) is 64.7 Å². The minimum absolute atomic E-state index is 0.148. The molecule has 0 radical (unpaired) electrons. The molecule has 1 aliphatic rings. The minimum atomic E-state index is 0.148. The molecule has 2 rings (SSSR count). The first-order valence-electron chi connectivity index (χ1n) is 11.7. The van der Waals surface area contributed by atoms with Crippen LogP contribution in [0.15, 0.2) is 23.2 Å². The van der Waals surface area contributed by atoms with Crippen LogP contribution in [0.4, 0.5) is 0 Å². The zero-order valence-corrected chi connectivity index (χ0v) is 20.1. The van der Waals surface area contributed by atoms with E-state index in [2.05, 4.69) is 42.6 Å². The van der Waals surface area contributed by atoms with Crippen molar-refractivity contribution in [3.05, 3.63) is 23.8 Å². The number of hydrogen-bond donors (Lipinski definition) is 2. The molecule has 1 fully saturated rings. The van der Waals surface area contributed by atoms with E-state index in [1.807, 2.05) is 19.1 Å². The highest BCUT2D eigenvalue weighted by Gasteiger charge is 2.20. The molecule has 0 heterocycles. The van der Waals surface area contributed by atoms with Gasteiger partial charge in [-0.25, -0.2) is 4.99 Å². The molecule has 1 aromatic rings. The van der Waals surface area contributed by atoms with Crippen LogP contribution < -0.4 is 20.1 Å². The average Bonchev–Trinajstić information content (AvgIpc) is 3.27. The Morgan fingerprint density at radius 1 is 1.19 bits per heavy atom. The predicted molar refractivity (Wildman–Crippen MR) is 127 cm³/mol. The second-order valence-electron chi connectivity index (χ2n) is 8.22. The Balaban J connectivity index is 2.06. The normalized spacial score (nSPS) is 15.9. The molecule has 0 aromatic heterocycles. The van der Waals surface area contributed by atoms with Crippen LogP contribution in [0.5, 0.6) is 11.5 Å². The van der Waals surface area contributed by atoms with Crippen LogP contribution in [0, 0.1) is 0 Å². The summed E-state index contributed by atoms with van der Waals surface area (Å²) in [5.41, 5.74) is 1.04. The molecule has 0 aliphatic heterocycles. The summed E-state index contributed by atoms with van der Waals surface area (Å²) >= 11 is 0. The quantitative estimate of drug-likeness (QED) is 0.366. The fourth-order valence-corrected chi connectivity index (χ4v) is 3.75. The zero-order chi connectivity index (χ0) is 22.5. The van der Waals surface area contributed by atoms with E-state index < -0.39 is 0 Å². The molecule has 1 unspecified atom stereocenters. The fourth-order valence-electron chi connectivity index (χ4n) is 3.75. The Hall–Kier alpha value is -1.99. The van der Waals surface area contributed by atoms with Crippen molar-refractivity contribution in [2.75, 3.05) is 47.4 Å². The summed E-state index contributed by atoms with van der Waals surface area (Å²) in [6, 6.07) is 6.02. The molecule has 2 N–H and O–H groups in total. The number of para-hydroxylation sites is 1. The minimum Gasteiger partial charge on any atom is -0.493 e. The number of aliphatic imine (C=N–C) groups is 1. The van der Waals surface area contributed by atoms with Crippen LogP contribution in [-0.4, -0.2) is 70.5 Å². The van der Waals surface area contributed by atoms with E-state index in [0.717, 1.165) is 61.9 Å². The maximum atomic E-state index is 6.35. The highest BCUT2D eigenvalue weighted by atomic mass is 16.5. The summed E-state index contributed by atoms with van der Waals surface area (Å²) in [6.07, 6.45) is 6.08. The summed E-state index contributed by atoms with van der Waals surface area (Å²) < 4.78 is 17.8. The van der Waals surface area contributed by atoms with Gasteiger partial charge < -0.3 is 29.7 Å². The van der Waals surface area contributed by atoms with Crippen molar-refractivity contribution >= 4 is 5.96 Å². The molecule has 1 aliphatic carbocycles. The van der Waals surface area contributed by atoms with Crippen LogP contribution in [0.1, 0.15) is 51.5 Å². The Labute approximate surface area is 188 Å². The van der Waals surface area contributed by atoms with Crippen molar-refractivity contribution in [1.29, 1.82) is 0 Å². The molecule has 1 saturated carbocycles. The van der Waals surface area contributed by atoms with Gasteiger partial charge in [-0.15, -0.1) is 0 Å². The van der Waals surface area contributed by atoms with Crippen molar-refractivity contribution in [3.63, 3.8) is 0 Å². The Bertz CT molecular complexity index is 660. The van der Waals surface area contributed by atoms with Crippen molar-refractivity contribution < 1.29 is 14.2 Å². The largest absolute Gasteiger partial charge is 0.493 e. The molecular formula is C24H42N4O3. The van der Waals surface area contributed by atoms with Gasteiger partial charge in [-0.2, -0.15) is 0 Å². The second-order valence-corrected chi connectivity index (χ2v) is 8.22. The molecule has 0 saturated heterocycles.